The van der Waals surface area contributed by atoms with E-state index in [1.807, 2.05) is 0 Å². The minimum absolute atomic E-state index is 0.0778. The van der Waals surface area contributed by atoms with Gasteiger partial charge in [-0.15, -0.1) is 5.10 Å². The van der Waals surface area contributed by atoms with Gasteiger partial charge in [-0.05, 0) is 55.9 Å². The molecule has 0 fully saturated rings. The van der Waals surface area contributed by atoms with Crippen LogP contribution in [0.1, 0.15) is 6.42 Å². The summed E-state index contributed by atoms with van der Waals surface area (Å²) in [6.45, 7) is 0.633. The number of fused-ring (bicyclic) bond motifs is 1. The number of anilines is 1. The van der Waals surface area contributed by atoms with Gasteiger partial charge in [0.1, 0.15) is 17.9 Å². The normalized spacial score (nSPS) is 12.2. The second-order valence-electron chi connectivity index (χ2n) is 6.74. The molecular formula is C21H19F2N5O2. The van der Waals surface area contributed by atoms with Crippen molar-refractivity contribution in [2.45, 2.75) is 12.5 Å². The summed E-state index contributed by atoms with van der Waals surface area (Å²) in [5.74, 6) is -0.673. The summed E-state index contributed by atoms with van der Waals surface area (Å²) in [6.07, 6.45) is 1.31. The van der Waals surface area contributed by atoms with Gasteiger partial charge in [0.25, 0.3) is 5.89 Å². The standard InChI is InChI=1S/C21H19F2N5O2/c1-24-10-9-14(11-29)25-21-28-27-20(30-21)17-15-3-2-4-16(23)19(15)26-18(17)12-5-7-13(22)8-6-12/h2-8,11,14,24,26H,9-10H2,1H3,(H,25,28). The van der Waals surface area contributed by atoms with E-state index < -0.39 is 11.9 Å². The van der Waals surface area contributed by atoms with Crippen LogP contribution >= 0.6 is 0 Å². The Morgan fingerprint density at radius 3 is 2.70 bits per heavy atom. The Labute approximate surface area is 170 Å². The highest BCUT2D eigenvalue weighted by atomic mass is 19.1. The van der Waals surface area contributed by atoms with Crippen molar-refractivity contribution < 1.29 is 18.0 Å². The van der Waals surface area contributed by atoms with Crippen molar-refractivity contribution in [1.82, 2.24) is 20.5 Å². The Kier molecular flexibility index (Phi) is 5.53. The molecule has 9 heteroatoms. The highest BCUT2D eigenvalue weighted by Gasteiger charge is 2.22. The summed E-state index contributed by atoms with van der Waals surface area (Å²) < 4.78 is 33.5. The second kappa shape index (κ2) is 8.42. The van der Waals surface area contributed by atoms with Crippen LogP contribution in [0.25, 0.3) is 33.6 Å². The molecule has 3 N–H and O–H groups in total. The first-order valence-corrected chi connectivity index (χ1v) is 9.37. The number of benzene rings is 2. The van der Waals surface area contributed by atoms with E-state index in [1.54, 1.807) is 31.3 Å². The number of carbonyl (C=O) groups is 1. The monoisotopic (exact) mass is 411 g/mol. The SMILES string of the molecule is CNCCC(C=O)Nc1nnc(-c2c(-c3ccc(F)cc3)[nH]c3c(F)cccc23)o1. The third-order valence-corrected chi connectivity index (χ3v) is 4.73. The molecule has 4 rings (SSSR count). The van der Waals surface area contributed by atoms with Gasteiger partial charge in [-0.3, -0.25) is 0 Å². The molecule has 0 radical (unpaired) electrons. The van der Waals surface area contributed by atoms with Crippen LogP contribution in [0.2, 0.25) is 0 Å². The quantitative estimate of drug-likeness (QED) is 0.382. The number of nitrogens with one attached hydrogen (secondary N) is 3. The molecular weight excluding hydrogens is 392 g/mol. The molecule has 7 nitrogen and oxygen atoms in total. The zero-order valence-corrected chi connectivity index (χ0v) is 16.1. The fourth-order valence-electron chi connectivity index (χ4n) is 3.25. The lowest BCUT2D eigenvalue weighted by Gasteiger charge is -2.09. The molecule has 1 atom stereocenters. The molecule has 2 aromatic carbocycles. The van der Waals surface area contributed by atoms with Gasteiger partial charge in [0.05, 0.1) is 22.8 Å². The predicted molar refractivity (Wildman–Crippen MR) is 109 cm³/mol. The molecule has 0 aliphatic carbocycles. The van der Waals surface area contributed by atoms with Gasteiger partial charge in [-0.25, -0.2) is 8.78 Å². The van der Waals surface area contributed by atoms with Crippen molar-refractivity contribution >= 4 is 23.2 Å². The van der Waals surface area contributed by atoms with Crippen molar-refractivity contribution in [3.63, 3.8) is 0 Å². The van der Waals surface area contributed by atoms with Crippen LogP contribution in [0.5, 0.6) is 0 Å². The Hall–Kier alpha value is -3.59. The number of carbonyl (C=O) groups excluding carboxylic acids is 1. The topological polar surface area (TPSA) is 95.8 Å². The highest BCUT2D eigenvalue weighted by molar-refractivity contribution is 6.02. The summed E-state index contributed by atoms with van der Waals surface area (Å²) >= 11 is 0. The molecule has 0 saturated heterocycles. The van der Waals surface area contributed by atoms with Crippen molar-refractivity contribution in [3.05, 3.63) is 54.1 Å². The molecule has 154 valence electrons. The van der Waals surface area contributed by atoms with E-state index in [-0.39, 0.29) is 23.2 Å². The van der Waals surface area contributed by atoms with Gasteiger partial charge in [0.15, 0.2) is 0 Å². The number of halogens is 2. The lowest BCUT2D eigenvalue weighted by molar-refractivity contribution is -0.108. The minimum Gasteiger partial charge on any atom is -0.403 e. The molecule has 0 saturated carbocycles. The molecule has 1 unspecified atom stereocenters. The van der Waals surface area contributed by atoms with Crippen LogP contribution in [0.15, 0.2) is 46.9 Å². The number of aromatic amines is 1. The van der Waals surface area contributed by atoms with Crippen molar-refractivity contribution in [2.24, 2.45) is 0 Å². The van der Waals surface area contributed by atoms with E-state index in [4.69, 9.17) is 4.42 Å². The number of nitrogens with zero attached hydrogens (tertiary/aromatic N) is 2. The Balaban J connectivity index is 1.78. The molecule has 30 heavy (non-hydrogen) atoms. The molecule has 0 amide bonds. The van der Waals surface area contributed by atoms with Gasteiger partial charge in [0, 0.05) is 5.39 Å². The summed E-state index contributed by atoms with van der Waals surface area (Å²) in [5, 5.41) is 14.5. The van der Waals surface area contributed by atoms with E-state index in [2.05, 4.69) is 25.8 Å². The smallest absolute Gasteiger partial charge is 0.316 e. The maximum atomic E-state index is 14.4. The highest BCUT2D eigenvalue weighted by Crippen LogP contribution is 2.38. The Bertz CT molecular complexity index is 1170. The van der Waals surface area contributed by atoms with Crippen LogP contribution in [0.3, 0.4) is 0 Å². The summed E-state index contributed by atoms with van der Waals surface area (Å²) in [7, 11) is 1.79. The third kappa shape index (κ3) is 3.79. The summed E-state index contributed by atoms with van der Waals surface area (Å²) in [4.78, 5) is 14.3. The van der Waals surface area contributed by atoms with E-state index in [9.17, 15) is 13.6 Å². The Morgan fingerprint density at radius 1 is 1.17 bits per heavy atom. The van der Waals surface area contributed by atoms with Gasteiger partial charge in [-0.2, -0.15) is 0 Å². The molecule has 4 aromatic rings. The predicted octanol–water partition coefficient (Wildman–Crippen LogP) is 3.75. The maximum absolute atomic E-state index is 14.4. The second-order valence-corrected chi connectivity index (χ2v) is 6.74. The molecule has 2 heterocycles. The zero-order chi connectivity index (χ0) is 21.1. The number of aromatic nitrogens is 3. The summed E-state index contributed by atoms with van der Waals surface area (Å²) in [6, 6.07) is 10.0. The van der Waals surface area contributed by atoms with E-state index in [1.165, 1.54) is 18.2 Å². The van der Waals surface area contributed by atoms with Gasteiger partial charge in [-0.1, -0.05) is 17.2 Å². The molecule has 2 aromatic heterocycles. The van der Waals surface area contributed by atoms with Crippen LogP contribution in [0, 0.1) is 11.6 Å². The first-order chi connectivity index (χ1) is 14.6. The average Bonchev–Trinajstić information content (AvgIpc) is 3.36. The zero-order valence-electron chi connectivity index (χ0n) is 16.1. The van der Waals surface area contributed by atoms with Crippen molar-refractivity contribution in [1.29, 1.82) is 0 Å². The fourth-order valence-corrected chi connectivity index (χ4v) is 3.25. The van der Waals surface area contributed by atoms with Gasteiger partial charge in [0.2, 0.25) is 0 Å². The summed E-state index contributed by atoms with van der Waals surface area (Å²) in [5.41, 5.74) is 1.93. The lowest BCUT2D eigenvalue weighted by atomic mass is 10.1. The number of para-hydroxylation sites is 1. The number of H-pyrrole nitrogens is 1. The minimum atomic E-state index is -0.497. The average molecular weight is 411 g/mol. The maximum Gasteiger partial charge on any atom is 0.316 e. The van der Waals surface area contributed by atoms with Gasteiger partial charge >= 0.3 is 6.01 Å². The Morgan fingerprint density at radius 2 is 1.97 bits per heavy atom. The van der Waals surface area contributed by atoms with Crippen molar-refractivity contribution in [3.8, 4) is 22.7 Å². The number of rotatable bonds is 8. The largest absolute Gasteiger partial charge is 0.403 e. The van der Waals surface area contributed by atoms with E-state index in [0.29, 0.717) is 35.2 Å². The molecule has 0 bridgehead atoms. The van der Waals surface area contributed by atoms with E-state index in [0.717, 1.165) is 6.29 Å². The van der Waals surface area contributed by atoms with Crippen LogP contribution in [-0.4, -0.2) is 41.1 Å². The van der Waals surface area contributed by atoms with E-state index >= 15 is 0 Å². The lowest BCUT2D eigenvalue weighted by Crippen LogP contribution is -2.25. The molecule has 0 aliphatic heterocycles. The molecule has 0 spiro atoms. The fraction of sp³-hybridized carbons (Fsp3) is 0.190. The van der Waals surface area contributed by atoms with Crippen LogP contribution in [-0.2, 0) is 4.79 Å². The number of hydrogen-bond donors (Lipinski definition) is 3. The first kappa shape index (κ1) is 19.7. The number of aldehydes is 1. The van der Waals surface area contributed by atoms with Gasteiger partial charge < -0.3 is 24.8 Å². The first-order valence-electron chi connectivity index (χ1n) is 9.37. The van der Waals surface area contributed by atoms with Crippen LogP contribution in [0.4, 0.5) is 14.8 Å². The van der Waals surface area contributed by atoms with Crippen molar-refractivity contribution in [2.75, 3.05) is 18.9 Å². The third-order valence-electron chi connectivity index (χ3n) is 4.73. The van der Waals surface area contributed by atoms with Crippen LogP contribution < -0.4 is 10.6 Å². The number of hydrogen-bond acceptors (Lipinski definition) is 6. The molecule has 0 aliphatic rings.